The SMILES string of the molecule is C\C=C/C=C(\C=C/N)CC(C)(C)C. The third kappa shape index (κ3) is 7.38. The van der Waals surface area contributed by atoms with Crippen molar-refractivity contribution in [3.8, 4) is 0 Å². The van der Waals surface area contributed by atoms with Crippen molar-refractivity contribution in [3.63, 3.8) is 0 Å². The fourth-order valence-corrected chi connectivity index (χ4v) is 1.13. The summed E-state index contributed by atoms with van der Waals surface area (Å²) in [5, 5.41) is 0. The second-order valence-electron chi connectivity index (χ2n) is 4.36. The van der Waals surface area contributed by atoms with E-state index in [0.29, 0.717) is 5.41 Å². The molecule has 74 valence electrons. The van der Waals surface area contributed by atoms with Gasteiger partial charge in [-0.25, -0.2) is 0 Å². The molecule has 0 unspecified atom stereocenters. The van der Waals surface area contributed by atoms with Crippen LogP contribution >= 0.6 is 0 Å². The molecule has 13 heavy (non-hydrogen) atoms. The predicted molar refractivity (Wildman–Crippen MR) is 60.3 cm³/mol. The van der Waals surface area contributed by atoms with Crippen LogP contribution in [0.1, 0.15) is 34.1 Å². The maximum absolute atomic E-state index is 5.37. The van der Waals surface area contributed by atoms with Gasteiger partial charge in [-0.1, -0.05) is 39.0 Å². The predicted octanol–water partition coefficient (Wildman–Crippen LogP) is 3.40. The van der Waals surface area contributed by atoms with Gasteiger partial charge in [0, 0.05) is 0 Å². The van der Waals surface area contributed by atoms with Crippen LogP contribution in [0.5, 0.6) is 0 Å². The van der Waals surface area contributed by atoms with E-state index in [4.69, 9.17) is 5.73 Å². The van der Waals surface area contributed by atoms with E-state index in [-0.39, 0.29) is 0 Å². The average Bonchev–Trinajstić information content (AvgIpc) is 1.98. The Morgan fingerprint density at radius 1 is 1.31 bits per heavy atom. The smallest absolute Gasteiger partial charge is 0.00596 e. The highest BCUT2D eigenvalue weighted by atomic mass is 14.5. The first-order chi connectivity index (χ1) is 5.99. The van der Waals surface area contributed by atoms with Gasteiger partial charge in [-0.15, -0.1) is 0 Å². The lowest BCUT2D eigenvalue weighted by Crippen LogP contribution is -2.05. The summed E-state index contributed by atoms with van der Waals surface area (Å²) in [6.07, 6.45) is 10.8. The second-order valence-corrected chi connectivity index (χ2v) is 4.36. The van der Waals surface area contributed by atoms with Crippen molar-refractivity contribution in [3.05, 3.63) is 36.1 Å². The van der Waals surface area contributed by atoms with Gasteiger partial charge in [-0.05, 0) is 36.6 Å². The zero-order valence-electron chi connectivity index (χ0n) is 9.17. The summed E-state index contributed by atoms with van der Waals surface area (Å²) in [5.74, 6) is 0. The first-order valence-electron chi connectivity index (χ1n) is 4.70. The van der Waals surface area contributed by atoms with Crippen LogP contribution in [0.4, 0.5) is 0 Å². The summed E-state index contributed by atoms with van der Waals surface area (Å²) < 4.78 is 0. The Morgan fingerprint density at radius 3 is 2.31 bits per heavy atom. The molecular weight excluding hydrogens is 158 g/mol. The topological polar surface area (TPSA) is 26.0 Å². The van der Waals surface area contributed by atoms with E-state index in [2.05, 4.69) is 26.8 Å². The quantitative estimate of drug-likeness (QED) is 0.660. The third-order valence-electron chi connectivity index (χ3n) is 1.55. The Bertz CT molecular complexity index is 214. The minimum absolute atomic E-state index is 0.312. The molecule has 0 rings (SSSR count). The van der Waals surface area contributed by atoms with Crippen LogP contribution in [0.2, 0.25) is 0 Å². The lowest BCUT2D eigenvalue weighted by atomic mass is 9.87. The molecule has 0 aliphatic carbocycles. The molecule has 0 aromatic rings. The summed E-state index contributed by atoms with van der Waals surface area (Å²) in [7, 11) is 0. The van der Waals surface area contributed by atoms with Crippen molar-refractivity contribution >= 4 is 0 Å². The zero-order valence-corrected chi connectivity index (χ0v) is 9.17. The van der Waals surface area contributed by atoms with E-state index in [0.717, 1.165) is 6.42 Å². The molecular formula is C12H21N. The lowest BCUT2D eigenvalue weighted by Gasteiger charge is -2.18. The van der Waals surface area contributed by atoms with Crippen LogP contribution in [0.25, 0.3) is 0 Å². The van der Waals surface area contributed by atoms with Crippen LogP contribution in [0.3, 0.4) is 0 Å². The van der Waals surface area contributed by atoms with Crippen molar-refractivity contribution < 1.29 is 0 Å². The minimum atomic E-state index is 0.312. The van der Waals surface area contributed by atoms with E-state index in [1.165, 1.54) is 5.57 Å². The molecule has 0 amide bonds. The lowest BCUT2D eigenvalue weighted by molar-refractivity contribution is 0.413. The summed E-state index contributed by atoms with van der Waals surface area (Å²) >= 11 is 0. The van der Waals surface area contributed by atoms with Gasteiger partial charge in [0.15, 0.2) is 0 Å². The number of rotatable bonds is 3. The largest absolute Gasteiger partial charge is 0.405 e. The highest BCUT2D eigenvalue weighted by Crippen LogP contribution is 2.24. The van der Waals surface area contributed by atoms with Crippen LogP contribution in [0.15, 0.2) is 36.1 Å². The number of nitrogens with two attached hydrogens (primary N) is 1. The molecule has 1 nitrogen and oxygen atoms in total. The molecule has 0 heterocycles. The normalized spacial score (nSPS) is 14.6. The van der Waals surface area contributed by atoms with Gasteiger partial charge in [-0.3, -0.25) is 0 Å². The molecule has 0 radical (unpaired) electrons. The van der Waals surface area contributed by atoms with E-state index in [1.54, 1.807) is 6.20 Å². The molecule has 0 saturated heterocycles. The molecule has 0 aromatic heterocycles. The van der Waals surface area contributed by atoms with Crippen molar-refractivity contribution in [2.45, 2.75) is 34.1 Å². The van der Waals surface area contributed by atoms with E-state index in [1.807, 2.05) is 25.2 Å². The Hall–Kier alpha value is -0.980. The summed E-state index contributed by atoms with van der Waals surface area (Å²) in [6.45, 7) is 8.68. The van der Waals surface area contributed by atoms with Crippen LogP contribution in [0, 0.1) is 5.41 Å². The molecule has 1 heteroatoms. The molecule has 0 spiro atoms. The first kappa shape index (κ1) is 12.0. The number of hydrogen-bond donors (Lipinski definition) is 1. The number of hydrogen-bond acceptors (Lipinski definition) is 1. The molecule has 0 saturated carbocycles. The van der Waals surface area contributed by atoms with Gasteiger partial charge in [0.25, 0.3) is 0 Å². The Labute approximate surface area is 82.0 Å². The zero-order chi connectivity index (χ0) is 10.3. The van der Waals surface area contributed by atoms with Crippen molar-refractivity contribution in [1.82, 2.24) is 0 Å². The molecule has 0 aliphatic heterocycles. The third-order valence-corrected chi connectivity index (χ3v) is 1.55. The fourth-order valence-electron chi connectivity index (χ4n) is 1.13. The van der Waals surface area contributed by atoms with Crippen LogP contribution in [-0.4, -0.2) is 0 Å². The standard InChI is InChI=1S/C12H21N/c1-5-6-7-11(8-9-13)10-12(2,3)4/h5-9H,10,13H2,1-4H3/b6-5-,9-8-,11-7+. The molecule has 0 bridgehead atoms. The fraction of sp³-hybridized carbons (Fsp3) is 0.500. The molecule has 0 fully saturated rings. The van der Waals surface area contributed by atoms with E-state index >= 15 is 0 Å². The Kier molecular flexibility index (Phi) is 5.20. The van der Waals surface area contributed by atoms with Gasteiger partial charge in [-0.2, -0.15) is 0 Å². The summed E-state index contributed by atoms with van der Waals surface area (Å²) in [4.78, 5) is 0. The van der Waals surface area contributed by atoms with Crippen molar-refractivity contribution in [2.75, 3.05) is 0 Å². The van der Waals surface area contributed by atoms with Gasteiger partial charge < -0.3 is 5.73 Å². The van der Waals surface area contributed by atoms with Crippen molar-refractivity contribution in [1.29, 1.82) is 0 Å². The Morgan fingerprint density at radius 2 is 1.92 bits per heavy atom. The van der Waals surface area contributed by atoms with Crippen LogP contribution in [-0.2, 0) is 0 Å². The van der Waals surface area contributed by atoms with E-state index in [9.17, 15) is 0 Å². The number of allylic oxidation sites excluding steroid dienone is 5. The van der Waals surface area contributed by atoms with Crippen LogP contribution < -0.4 is 5.73 Å². The minimum Gasteiger partial charge on any atom is -0.405 e. The Balaban J connectivity index is 4.44. The average molecular weight is 179 g/mol. The monoisotopic (exact) mass is 179 g/mol. The maximum Gasteiger partial charge on any atom is -0.00596 e. The molecule has 0 aliphatic rings. The summed E-state index contributed by atoms with van der Waals surface area (Å²) in [6, 6.07) is 0. The molecule has 0 aromatic carbocycles. The highest BCUT2D eigenvalue weighted by Gasteiger charge is 2.10. The van der Waals surface area contributed by atoms with Gasteiger partial charge in [0.2, 0.25) is 0 Å². The first-order valence-corrected chi connectivity index (χ1v) is 4.70. The van der Waals surface area contributed by atoms with E-state index < -0.39 is 0 Å². The second kappa shape index (κ2) is 5.63. The van der Waals surface area contributed by atoms with Gasteiger partial charge in [0.05, 0.1) is 0 Å². The maximum atomic E-state index is 5.37. The van der Waals surface area contributed by atoms with Gasteiger partial charge in [0.1, 0.15) is 0 Å². The highest BCUT2D eigenvalue weighted by molar-refractivity contribution is 5.24. The molecule has 2 N–H and O–H groups in total. The van der Waals surface area contributed by atoms with Crippen molar-refractivity contribution in [2.24, 2.45) is 11.1 Å². The summed E-state index contributed by atoms with van der Waals surface area (Å²) in [5.41, 5.74) is 6.96. The van der Waals surface area contributed by atoms with Gasteiger partial charge >= 0.3 is 0 Å². The molecule has 0 atom stereocenters.